The average Bonchev–Trinajstić information content (AvgIpc) is 2.37. The lowest BCUT2D eigenvalue weighted by Gasteiger charge is -2.11. The lowest BCUT2D eigenvalue weighted by Crippen LogP contribution is -1.95. The summed E-state index contributed by atoms with van der Waals surface area (Å²) in [6.07, 6.45) is 5.27. The van der Waals surface area contributed by atoms with Crippen LogP contribution in [-0.4, -0.2) is 26.8 Å². The van der Waals surface area contributed by atoms with Gasteiger partial charge in [0.05, 0.1) is 14.2 Å². The molecule has 1 rings (SSSR count). The second-order valence-electron chi connectivity index (χ2n) is 3.27. The highest BCUT2D eigenvalue weighted by Crippen LogP contribution is 2.33. The van der Waals surface area contributed by atoms with Gasteiger partial charge in [0.2, 0.25) is 0 Å². The maximum Gasteiger partial charge on any atom is 0.167 e. The van der Waals surface area contributed by atoms with Gasteiger partial charge < -0.3 is 14.3 Å². The van der Waals surface area contributed by atoms with Crippen molar-refractivity contribution in [2.45, 2.75) is 6.42 Å². The van der Waals surface area contributed by atoms with Crippen LogP contribution in [-0.2, 0) is 4.79 Å². The molecule has 90 valence electrons. The largest absolute Gasteiger partial charge is 0.493 e. The maximum atomic E-state index is 10.8. The monoisotopic (exact) mass is 234 g/mol. The molecule has 0 spiro atoms. The first-order valence-corrected chi connectivity index (χ1v) is 5.08. The Morgan fingerprint density at radius 1 is 1.18 bits per heavy atom. The van der Waals surface area contributed by atoms with Gasteiger partial charge in [0.25, 0.3) is 0 Å². The number of carbonyl (C=O) groups excluding carboxylic acids is 2. The summed E-state index contributed by atoms with van der Waals surface area (Å²) in [5.41, 5.74) is 1.20. The number of allylic oxidation sites excluding steroid dienone is 1. The summed E-state index contributed by atoms with van der Waals surface area (Å²) in [5, 5.41) is 0. The van der Waals surface area contributed by atoms with Gasteiger partial charge in [-0.1, -0.05) is 12.2 Å². The van der Waals surface area contributed by atoms with Crippen LogP contribution in [0.1, 0.15) is 22.3 Å². The third-order valence-electron chi connectivity index (χ3n) is 2.20. The molecule has 0 saturated heterocycles. The summed E-state index contributed by atoms with van der Waals surface area (Å²) >= 11 is 0. The summed E-state index contributed by atoms with van der Waals surface area (Å²) in [4.78, 5) is 21.0. The minimum absolute atomic E-state index is 0.316. The van der Waals surface area contributed by atoms with E-state index in [0.717, 1.165) is 12.6 Å². The number of benzene rings is 1. The Morgan fingerprint density at radius 3 is 2.47 bits per heavy atom. The van der Waals surface area contributed by atoms with Crippen LogP contribution in [0.25, 0.3) is 6.08 Å². The zero-order valence-corrected chi connectivity index (χ0v) is 9.80. The molecule has 4 nitrogen and oxygen atoms in total. The van der Waals surface area contributed by atoms with Gasteiger partial charge >= 0.3 is 0 Å². The number of carbonyl (C=O) groups is 2. The van der Waals surface area contributed by atoms with E-state index in [2.05, 4.69) is 0 Å². The van der Waals surface area contributed by atoms with Crippen LogP contribution in [0.2, 0.25) is 0 Å². The molecule has 0 radical (unpaired) electrons. The van der Waals surface area contributed by atoms with Crippen molar-refractivity contribution >= 4 is 18.6 Å². The Morgan fingerprint density at radius 2 is 1.94 bits per heavy atom. The zero-order chi connectivity index (χ0) is 12.7. The minimum atomic E-state index is 0.316. The van der Waals surface area contributed by atoms with Gasteiger partial charge in [-0.3, -0.25) is 4.79 Å². The van der Waals surface area contributed by atoms with Crippen LogP contribution in [0.5, 0.6) is 11.5 Å². The van der Waals surface area contributed by atoms with E-state index in [1.54, 1.807) is 24.3 Å². The van der Waals surface area contributed by atoms with Gasteiger partial charge in [0.15, 0.2) is 11.5 Å². The number of ether oxygens (including phenoxy) is 2. The van der Waals surface area contributed by atoms with Crippen molar-refractivity contribution in [3.05, 3.63) is 29.3 Å². The summed E-state index contributed by atoms with van der Waals surface area (Å²) in [7, 11) is 3.03. The van der Waals surface area contributed by atoms with Gasteiger partial charge in [-0.25, -0.2) is 0 Å². The van der Waals surface area contributed by atoms with Gasteiger partial charge in [-0.05, 0) is 12.1 Å². The highest BCUT2D eigenvalue weighted by molar-refractivity contribution is 5.80. The van der Waals surface area contributed by atoms with Crippen molar-refractivity contribution in [2.24, 2.45) is 0 Å². The van der Waals surface area contributed by atoms with E-state index in [1.807, 2.05) is 0 Å². The topological polar surface area (TPSA) is 52.6 Å². The summed E-state index contributed by atoms with van der Waals surface area (Å²) in [6.45, 7) is 0. The van der Waals surface area contributed by atoms with Crippen LogP contribution in [0.15, 0.2) is 18.2 Å². The molecule has 0 aliphatic heterocycles. The van der Waals surface area contributed by atoms with Crippen molar-refractivity contribution in [1.82, 2.24) is 0 Å². The van der Waals surface area contributed by atoms with Crippen molar-refractivity contribution in [3.8, 4) is 11.5 Å². The summed E-state index contributed by atoms with van der Waals surface area (Å²) < 4.78 is 10.4. The molecule has 0 heterocycles. The fourth-order valence-electron chi connectivity index (χ4n) is 1.46. The standard InChI is InChI=1S/C13H14O4/c1-16-12-8-10(9-15)7-11(13(12)17-2)5-3-4-6-14/h3,5-9H,4H2,1-2H3. The zero-order valence-electron chi connectivity index (χ0n) is 9.80. The molecule has 0 aliphatic rings. The predicted molar refractivity (Wildman–Crippen MR) is 64.6 cm³/mol. The van der Waals surface area contributed by atoms with E-state index in [4.69, 9.17) is 9.47 Å². The molecule has 0 amide bonds. The number of rotatable bonds is 6. The molecule has 17 heavy (non-hydrogen) atoms. The summed E-state index contributed by atoms with van der Waals surface area (Å²) in [5.74, 6) is 1.03. The van der Waals surface area contributed by atoms with Crippen LogP contribution >= 0.6 is 0 Å². The van der Waals surface area contributed by atoms with Crippen molar-refractivity contribution < 1.29 is 19.1 Å². The molecule has 0 unspecified atom stereocenters. The Labute approximate surface area is 99.8 Å². The SMILES string of the molecule is COc1cc(C=O)cc(C=CCC=O)c1OC. The van der Waals surface area contributed by atoms with E-state index in [1.165, 1.54) is 14.2 Å². The third kappa shape index (κ3) is 3.17. The van der Waals surface area contributed by atoms with E-state index in [0.29, 0.717) is 29.0 Å². The first-order chi connectivity index (χ1) is 8.26. The van der Waals surface area contributed by atoms with Crippen molar-refractivity contribution in [2.75, 3.05) is 14.2 Å². The number of hydrogen-bond donors (Lipinski definition) is 0. The quantitative estimate of drug-likeness (QED) is 0.707. The summed E-state index contributed by atoms with van der Waals surface area (Å²) in [6, 6.07) is 3.28. The smallest absolute Gasteiger partial charge is 0.167 e. The second-order valence-corrected chi connectivity index (χ2v) is 3.27. The minimum Gasteiger partial charge on any atom is -0.493 e. The molecule has 0 aliphatic carbocycles. The predicted octanol–water partition coefficient (Wildman–Crippen LogP) is 2.12. The van der Waals surface area contributed by atoms with Gasteiger partial charge in [0.1, 0.15) is 12.6 Å². The number of hydrogen-bond acceptors (Lipinski definition) is 4. The fourth-order valence-corrected chi connectivity index (χ4v) is 1.46. The van der Waals surface area contributed by atoms with E-state index in [-0.39, 0.29) is 0 Å². The lowest BCUT2D eigenvalue weighted by atomic mass is 10.1. The van der Waals surface area contributed by atoms with Crippen molar-refractivity contribution in [3.63, 3.8) is 0 Å². The van der Waals surface area contributed by atoms with Gasteiger partial charge in [-0.15, -0.1) is 0 Å². The molecule has 0 atom stereocenters. The van der Waals surface area contributed by atoms with Crippen molar-refractivity contribution in [1.29, 1.82) is 0 Å². The Bertz CT molecular complexity index is 435. The molecular formula is C13H14O4. The first-order valence-electron chi connectivity index (χ1n) is 5.08. The van der Waals surface area contributed by atoms with Crippen LogP contribution in [0.4, 0.5) is 0 Å². The highest BCUT2D eigenvalue weighted by atomic mass is 16.5. The van der Waals surface area contributed by atoms with Crippen LogP contribution < -0.4 is 9.47 Å². The second kappa shape index (κ2) is 6.48. The normalized spacial score (nSPS) is 10.2. The Balaban J connectivity index is 3.23. The molecular weight excluding hydrogens is 220 g/mol. The van der Waals surface area contributed by atoms with Crippen LogP contribution in [0, 0.1) is 0 Å². The van der Waals surface area contributed by atoms with E-state index >= 15 is 0 Å². The molecule has 1 aromatic carbocycles. The average molecular weight is 234 g/mol. The molecule has 0 aromatic heterocycles. The Hall–Kier alpha value is -2.10. The number of methoxy groups -OCH3 is 2. The maximum absolute atomic E-state index is 10.8. The fraction of sp³-hybridized carbons (Fsp3) is 0.231. The third-order valence-corrected chi connectivity index (χ3v) is 2.20. The molecule has 0 saturated carbocycles. The van der Waals surface area contributed by atoms with Gasteiger partial charge in [0, 0.05) is 17.5 Å². The lowest BCUT2D eigenvalue weighted by molar-refractivity contribution is -0.107. The number of aldehydes is 2. The highest BCUT2D eigenvalue weighted by Gasteiger charge is 2.09. The molecule has 0 N–H and O–H groups in total. The van der Waals surface area contributed by atoms with Crippen LogP contribution in [0.3, 0.4) is 0 Å². The molecule has 0 fully saturated rings. The molecule has 4 heteroatoms. The molecule has 0 bridgehead atoms. The van der Waals surface area contributed by atoms with E-state index in [9.17, 15) is 9.59 Å². The molecule has 1 aromatic rings. The first kappa shape index (κ1) is 13.0. The van der Waals surface area contributed by atoms with E-state index < -0.39 is 0 Å². The van der Waals surface area contributed by atoms with Gasteiger partial charge in [-0.2, -0.15) is 0 Å². The Kier molecular flexibility index (Phi) is 4.94.